The summed E-state index contributed by atoms with van der Waals surface area (Å²) in [6, 6.07) is 5.30. The Balaban J connectivity index is 2.30. The molecule has 0 aromatic heterocycles. The molecule has 2 rings (SSSR count). The highest BCUT2D eigenvalue weighted by molar-refractivity contribution is 6.19. The van der Waals surface area contributed by atoms with Crippen molar-refractivity contribution in [2.75, 3.05) is 17.3 Å². The minimum atomic E-state index is -0.245. The fraction of sp³-hybridized carbons (Fsp3) is 0.385. The Labute approximate surface area is 106 Å². The van der Waals surface area contributed by atoms with Crippen molar-refractivity contribution in [3.63, 3.8) is 0 Å². The standard InChI is InChI=1S/C13H17N3O2/c1-8(14)5-12(17)16-11-4-3-10(15-2)6-9(11)7-13(16)18/h3-4,6,8,15H,5,7,14H2,1-2H3. The van der Waals surface area contributed by atoms with Crippen LogP contribution in [-0.2, 0) is 16.0 Å². The van der Waals surface area contributed by atoms with Gasteiger partial charge in [0, 0.05) is 25.2 Å². The van der Waals surface area contributed by atoms with Crippen LogP contribution in [0.25, 0.3) is 0 Å². The molecule has 5 nitrogen and oxygen atoms in total. The number of hydrogen-bond donors (Lipinski definition) is 2. The average molecular weight is 247 g/mol. The van der Waals surface area contributed by atoms with E-state index in [4.69, 9.17) is 5.73 Å². The third-order valence-corrected chi connectivity index (χ3v) is 2.95. The van der Waals surface area contributed by atoms with Crippen LogP contribution >= 0.6 is 0 Å². The second-order valence-corrected chi connectivity index (χ2v) is 4.57. The first kappa shape index (κ1) is 12.6. The minimum Gasteiger partial charge on any atom is -0.388 e. The van der Waals surface area contributed by atoms with Crippen molar-refractivity contribution >= 4 is 23.2 Å². The summed E-state index contributed by atoms with van der Waals surface area (Å²) in [5.74, 6) is -0.408. The van der Waals surface area contributed by atoms with Crippen molar-refractivity contribution in [1.29, 1.82) is 0 Å². The van der Waals surface area contributed by atoms with Crippen LogP contribution in [0.15, 0.2) is 18.2 Å². The number of hydrogen-bond acceptors (Lipinski definition) is 4. The van der Waals surface area contributed by atoms with E-state index in [9.17, 15) is 9.59 Å². The number of nitrogens with two attached hydrogens (primary N) is 1. The number of benzene rings is 1. The van der Waals surface area contributed by atoms with Gasteiger partial charge < -0.3 is 11.1 Å². The van der Waals surface area contributed by atoms with Gasteiger partial charge in [-0.25, -0.2) is 4.90 Å². The topological polar surface area (TPSA) is 75.4 Å². The van der Waals surface area contributed by atoms with E-state index in [0.717, 1.165) is 11.3 Å². The van der Waals surface area contributed by atoms with Crippen molar-refractivity contribution in [3.05, 3.63) is 23.8 Å². The molecule has 0 radical (unpaired) electrons. The van der Waals surface area contributed by atoms with Crippen molar-refractivity contribution in [2.45, 2.75) is 25.8 Å². The smallest absolute Gasteiger partial charge is 0.238 e. The molecule has 0 saturated heterocycles. The normalized spacial score (nSPS) is 15.5. The molecule has 2 amide bonds. The van der Waals surface area contributed by atoms with Gasteiger partial charge in [0.05, 0.1) is 12.1 Å². The van der Waals surface area contributed by atoms with Gasteiger partial charge in [0.2, 0.25) is 11.8 Å². The highest BCUT2D eigenvalue weighted by Gasteiger charge is 2.32. The molecule has 0 bridgehead atoms. The second kappa shape index (κ2) is 4.78. The lowest BCUT2D eigenvalue weighted by Crippen LogP contribution is -2.37. The molecular formula is C13H17N3O2. The van der Waals surface area contributed by atoms with E-state index in [1.807, 2.05) is 19.2 Å². The Kier molecular flexibility index (Phi) is 3.34. The summed E-state index contributed by atoms with van der Waals surface area (Å²) in [7, 11) is 1.82. The van der Waals surface area contributed by atoms with Crippen LogP contribution in [0.5, 0.6) is 0 Å². The van der Waals surface area contributed by atoms with Gasteiger partial charge in [-0.1, -0.05) is 0 Å². The van der Waals surface area contributed by atoms with Crippen LogP contribution in [0.1, 0.15) is 18.9 Å². The summed E-state index contributed by atoms with van der Waals surface area (Å²) in [5.41, 5.74) is 8.10. The minimum absolute atomic E-state index is 0.177. The molecule has 3 N–H and O–H groups in total. The maximum atomic E-state index is 12.0. The number of fused-ring (bicyclic) bond motifs is 1. The van der Waals surface area contributed by atoms with Crippen LogP contribution < -0.4 is 16.0 Å². The number of anilines is 2. The summed E-state index contributed by atoms with van der Waals surface area (Å²) in [6.07, 6.45) is 0.453. The Morgan fingerprint density at radius 3 is 2.89 bits per heavy atom. The lowest BCUT2D eigenvalue weighted by molar-refractivity contribution is -0.125. The highest BCUT2D eigenvalue weighted by Crippen LogP contribution is 2.31. The Hall–Kier alpha value is -1.88. The Morgan fingerprint density at radius 1 is 1.56 bits per heavy atom. The number of amides is 2. The molecule has 0 aliphatic carbocycles. The lowest BCUT2D eigenvalue weighted by Gasteiger charge is -2.17. The molecule has 5 heteroatoms. The number of nitrogens with one attached hydrogen (secondary N) is 1. The predicted molar refractivity (Wildman–Crippen MR) is 70.5 cm³/mol. The summed E-state index contributed by atoms with van der Waals surface area (Å²) >= 11 is 0. The van der Waals surface area contributed by atoms with E-state index >= 15 is 0 Å². The first-order chi connectivity index (χ1) is 8.52. The number of imide groups is 1. The van der Waals surface area contributed by atoms with E-state index in [0.29, 0.717) is 5.69 Å². The summed E-state index contributed by atoms with van der Waals surface area (Å²) < 4.78 is 0. The fourth-order valence-corrected chi connectivity index (χ4v) is 2.12. The van der Waals surface area contributed by atoms with E-state index < -0.39 is 0 Å². The summed E-state index contributed by atoms with van der Waals surface area (Å²) in [5, 5.41) is 3.01. The second-order valence-electron chi connectivity index (χ2n) is 4.57. The molecule has 0 fully saturated rings. The maximum Gasteiger partial charge on any atom is 0.238 e. The molecule has 1 atom stereocenters. The lowest BCUT2D eigenvalue weighted by atomic mass is 10.1. The zero-order valence-corrected chi connectivity index (χ0v) is 10.6. The average Bonchev–Trinajstić information content (AvgIpc) is 2.62. The van der Waals surface area contributed by atoms with E-state index in [1.165, 1.54) is 4.90 Å². The van der Waals surface area contributed by atoms with Gasteiger partial charge in [0.1, 0.15) is 0 Å². The first-order valence-electron chi connectivity index (χ1n) is 5.95. The van der Waals surface area contributed by atoms with Gasteiger partial charge in [0.15, 0.2) is 0 Å². The molecule has 1 aliphatic rings. The quantitative estimate of drug-likeness (QED) is 0.831. The molecule has 0 saturated carbocycles. The molecule has 18 heavy (non-hydrogen) atoms. The van der Waals surface area contributed by atoms with Crippen LogP contribution in [-0.4, -0.2) is 24.9 Å². The molecule has 1 aliphatic heterocycles. The molecule has 96 valence electrons. The maximum absolute atomic E-state index is 12.0. The zero-order chi connectivity index (χ0) is 13.3. The number of nitrogens with zero attached hydrogens (tertiary/aromatic N) is 1. The predicted octanol–water partition coefficient (Wildman–Crippen LogP) is 0.881. The molecule has 1 heterocycles. The third-order valence-electron chi connectivity index (χ3n) is 2.95. The summed E-state index contributed by atoms with van der Waals surface area (Å²) in [6.45, 7) is 1.75. The number of carbonyl (C=O) groups excluding carboxylic acids is 2. The van der Waals surface area contributed by atoms with Gasteiger partial charge in [0.25, 0.3) is 0 Å². The SMILES string of the molecule is CNc1ccc2c(c1)CC(=O)N2C(=O)CC(C)N. The largest absolute Gasteiger partial charge is 0.388 e. The first-order valence-corrected chi connectivity index (χ1v) is 5.95. The van der Waals surface area contributed by atoms with Crippen LogP contribution in [0.4, 0.5) is 11.4 Å². The van der Waals surface area contributed by atoms with Crippen LogP contribution in [0.2, 0.25) is 0 Å². The molecule has 0 spiro atoms. The highest BCUT2D eigenvalue weighted by atomic mass is 16.2. The molecule has 1 aromatic carbocycles. The van der Waals surface area contributed by atoms with Crippen molar-refractivity contribution < 1.29 is 9.59 Å². The van der Waals surface area contributed by atoms with E-state index in [1.54, 1.807) is 13.0 Å². The van der Waals surface area contributed by atoms with Crippen LogP contribution in [0, 0.1) is 0 Å². The van der Waals surface area contributed by atoms with Gasteiger partial charge in [-0.3, -0.25) is 9.59 Å². The number of carbonyl (C=O) groups is 2. The van der Waals surface area contributed by atoms with Crippen molar-refractivity contribution in [1.82, 2.24) is 0 Å². The zero-order valence-electron chi connectivity index (χ0n) is 10.6. The van der Waals surface area contributed by atoms with Gasteiger partial charge >= 0.3 is 0 Å². The van der Waals surface area contributed by atoms with Crippen molar-refractivity contribution in [2.24, 2.45) is 5.73 Å². The molecular weight excluding hydrogens is 230 g/mol. The van der Waals surface area contributed by atoms with Gasteiger partial charge in [-0.05, 0) is 30.7 Å². The van der Waals surface area contributed by atoms with E-state index in [-0.39, 0.29) is 30.7 Å². The fourth-order valence-electron chi connectivity index (χ4n) is 2.12. The van der Waals surface area contributed by atoms with Crippen molar-refractivity contribution in [3.8, 4) is 0 Å². The number of rotatable bonds is 3. The Morgan fingerprint density at radius 2 is 2.28 bits per heavy atom. The van der Waals surface area contributed by atoms with Crippen LogP contribution in [0.3, 0.4) is 0 Å². The molecule has 1 aromatic rings. The third kappa shape index (κ3) is 2.22. The summed E-state index contributed by atoms with van der Waals surface area (Å²) in [4.78, 5) is 25.1. The monoisotopic (exact) mass is 247 g/mol. The molecule has 1 unspecified atom stereocenters. The van der Waals surface area contributed by atoms with Gasteiger partial charge in [-0.2, -0.15) is 0 Å². The Bertz CT molecular complexity index is 497. The van der Waals surface area contributed by atoms with E-state index in [2.05, 4.69) is 5.32 Å². The van der Waals surface area contributed by atoms with Gasteiger partial charge in [-0.15, -0.1) is 0 Å².